The Labute approximate surface area is 139 Å². The fourth-order valence-electron chi connectivity index (χ4n) is 3.23. The molecule has 1 heterocycles. The number of benzene rings is 2. The van der Waals surface area contributed by atoms with Crippen LogP contribution in [0.2, 0.25) is 0 Å². The van der Waals surface area contributed by atoms with Gasteiger partial charge < -0.3 is 9.88 Å². The van der Waals surface area contributed by atoms with E-state index in [2.05, 4.69) is 28.9 Å². The molecule has 4 nitrogen and oxygen atoms in total. The number of hydrogen-bond donors (Lipinski definition) is 1. The van der Waals surface area contributed by atoms with E-state index in [0.717, 1.165) is 23.1 Å². The normalized spacial score (nSPS) is 14.5. The van der Waals surface area contributed by atoms with Gasteiger partial charge in [0.1, 0.15) is 0 Å². The molecule has 1 aliphatic carbocycles. The van der Waals surface area contributed by atoms with Gasteiger partial charge in [-0.1, -0.05) is 18.2 Å². The molecule has 0 saturated heterocycles. The summed E-state index contributed by atoms with van der Waals surface area (Å²) < 4.78 is 2.27. The Morgan fingerprint density at radius 3 is 2.58 bits per heavy atom. The standard InChI is InChI=1S/C20H16N2O2/c1-2-22-18-6-4-3-5-15(18)16-11-13(7-9-19(16)22)21-17-12-14(23)8-10-20(17)24/h3-12,21H,2H2,1H3. The number of anilines is 1. The highest BCUT2D eigenvalue weighted by Crippen LogP contribution is 2.31. The van der Waals surface area contributed by atoms with Gasteiger partial charge in [-0.3, -0.25) is 9.59 Å². The van der Waals surface area contributed by atoms with E-state index in [1.54, 1.807) is 0 Å². The number of hydrogen-bond acceptors (Lipinski definition) is 3. The van der Waals surface area contributed by atoms with E-state index in [1.165, 1.54) is 29.1 Å². The van der Waals surface area contributed by atoms with Gasteiger partial charge in [-0.15, -0.1) is 0 Å². The number of nitrogens with one attached hydrogen (secondary N) is 1. The van der Waals surface area contributed by atoms with Crippen LogP contribution in [0.15, 0.2) is 66.4 Å². The molecule has 0 fully saturated rings. The van der Waals surface area contributed by atoms with Crippen LogP contribution >= 0.6 is 0 Å². The largest absolute Gasteiger partial charge is 0.352 e. The molecule has 1 N–H and O–H groups in total. The van der Waals surface area contributed by atoms with E-state index < -0.39 is 0 Å². The Morgan fingerprint density at radius 1 is 0.958 bits per heavy atom. The molecule has 0 atom stereocenters. The number of nitrogens with zero attached hydrogens (tertiary/aromatic N) is 1. The molecular formula is C20H16N2O2. The first-order valence-corrected chi connectivity index (χ1v) is 7.93. The molecule has 1 aromatic heterocycles. The van der Waals surface area contributed by atoms with Crippen molar-refractivity contribution in [3.63, 3.8) is 0 Å². The van der Waals surface area contributed by atoms with Crippen LogP contribution in [0.1, 0.15) is 6.92 Å². The van der Waals surface area contributed by atoms with Gasteiger partial charge in [0.2, 0.25) is 5.78 Å². The Hall–Kier alpha value is -3.14. The number of carbonyl (C=O) groups excluding carboxylic acids is 2. The maximum absolute atomic E-state index is 11.9. The van der Waals surface area contributed by atoms with Crippen molar-refractivity contribution in [3.05, 3.63) is 66.4 Å². The second kappa shape index (κ2) is 5.49. The first kappa shape index (κ1) is 14.5. The number of fused-ring (bicyclic) bond motifs is 3. The second-order valence-corrected chi connectivity index (χ2v) is 5.78. The molecule has 2 aromatic carbocycles. The zero-order chi connectivity index (χ0) is 16.7. The molecule has 4 rings (SSSR count). The third kappa shape index (κ3) is 2.24. The number of carbonyl (C=O) groups is 2. The third-order valence-electron chi connectivity index (χ3n) is 4.32. The van der Waals surface area contributed by atoms with Gasteiger partial charge in [0.05, 0.1) is 5.70 Å². The highest BCUT2D eigenvalue weighted by Gasteiger charge is 2.14. The van der Waals surface area contributed by atoms with Crippen molar-refractivity contribution in [2.45, 2.75) is 13.5 Å². The summed E-state index contributed by atoms with van der Waals surface area (Å²) >= 11 is 0. The monoisotopic (exact) mass is 316 g/mol. The lowest BCUT2D eigenvalue weighted by Gasteiger charge is -2.11. The van der Waals surface area contributed by atoms with Crippen LogP contribution in [0, 0.1) is 0 Å². The average Bonchev–Trinajstić information content (AvgIpc) is 2.91. The molecule has 4 heteroatoms. The fourth-order valence-corrected chi connectivity index (χ4v) is 3.23. The number of aryl methyl sites for hydroxylation is 1. The highest BCUT2D eigenvalue weighted by atomic mass is 16.1. The quantitative estimate of drug-likeness (QED) is 0.747. The Bertz CT molecular complexity index is 1050. The number of para-hydroxylation sites is 1. The molecule has 0 amide bonds. The molecule has 118 valence electrons. The molecule has 0 spiro atoms. The van der Waals surface area contributed by atoms with Gasteiger partial charge in [-0.2, -0.15) is 0 Å². The van der Waals surface area contributed by atoms with Crippen LogP contribution in [0.5, 0.6) is 0 Å². The zero-order valence-corrected chi connectivity index (χ0v) is 13.2. The summed E-state index contributed by atoms with van der Waals surface area (Å²) in [6.07, 6.45) is 3.92. The molecule has 1 aliphatic rings. The lowest BCUT2D eigenvalue weighted by Crippen LogP contribution is -2.14. The Morgan fingerprint density at radius 2 is 1.75 bits per heavy atom. The third-order valence-corrected chi connectivity index (χ3v) is 4.32. The SMILES string of the molecule is CCn1c2ccccc2c2cc(NC3=CC(=O)C=CC3=O)ccc21. The summed E-state index contributed by atoms with van der Waals surface area (Å²) in [4.78, 5) is 23.4. The minimum atomic E-state index is -0.189. The minimum Gasteiger partial charge on any atom is -0.352 e. The van der Waals surface area contributed by atoms with Gasteiger partial charge in [0.25, 0.3) is 0 Å². The first-order chi connectivity index (χ1) is 11.7. The number of rotatable bonds is 3. The molecule has 24 heavy (non-hydrogen) atoms. The zero-order valence-electron chi connectivity index (χ0n) is 13.2. The van der Waals surface area contributed by atoms with Gasteiger partial charge in [-0.25, -0.2) is 0 Å². The van der Waals surface area contributed by atoms with Crippen molar-refractivity contribution in [2.75, 3.05) is 5.32 Å². The van der Waals surface area contributed by atoms with E-state index in [0.29, 0.717) is 5.70 Å². The van der Waals surface area contributed by atoms with Crippen LogP contribution in [-0.4, -0.2) is 16.1 Å². The minimum absolute atomic E-state index is 0.180. The summed E-state index contributed by atoms with van der Waals surface area (Å²) in [5.41, 5.74) is 3.45. The average molecular weight is 316 g/mol. The van der Waals surface area contributed by atoms with Crippen LogP contribution in [0.4, 0.5) is 5.69 Å². The van der Waals surface area contributed by atoms with Crippen molar-refractivity contribution < 1.29 is 9.59 Å². The smallest absolute Gasteiger partial charge is 0.202 e. The van der Waals surface area contributed by atoms with E-state index >= 15 is 0 Å². The summed E-state index contributed by atoms with van der Waals surface area (Å²) in [7, 11) is 0. The van der Waals surface area contributed by atoms with Crippen molar-refractivity contribution >= 4 is 39.1 Å². The molecule has 0 bridgehead atoms. The molecule has 0 saturated carbocycles. The van der Waals surface area contributed by atoms with Crippen LogP contribution in [0.25, 0.3) is 21.8 Å². The summed E-state index contributed by atoms with van der Waals surface area (Å²) in [6.45, 7) is 3.02. The summed E-state index contributed by atoms with van der Waals surface area (Å²) in [5, 5.41) is 5.38. The van der Waals surface area contributed by atoms with Crippen LogP contribution < -0.4 is 5.32 Å². The fraction of sp³-hybridized carbons (Fsp3) is 0.100. The lowest BCUT2D eigenvalue weighted by molar-refractivity contribution is -0.114. The summed E-state index contributed by atoms with van der Waals surface area (Å²) in [6, 6.07) is 14.3. The van der Waals surface area contributed by atoms with Gasteiger partial charge in [0.15, 0.2) is 5.78 Å². The molecule has 0 radical (unpaired) electrons. The maximum Gasteiger partial charge on any atom is 0.202 e. The van der Waals surface area contributed by atoms with Crippen molar-refractivity contribution in [2.24, 2.45) is 0 Å². The van der Waals surface area contributed by atoms with E-state index in [4.69, 9.17) is 0 Å². The topological polar surface area (TPSA) is 51.1 Å². The molecule has 0 aliphatic heterocycles. The maximum atomic E-state index is 11.9. The number of ketones is 2. The van der Waals surface area contributed by atoms with E-state index in [1.807, 2.05) is 30.3 Å². The Kier molecular flexibility index (Phi) is 3.31. The second-order valence-electron chi connectivity index (χ2n) is 5.78. The van der Waals surface area contributed by atoms with Crippen molar-refractivity contribution in [1.82, 2.24) is 4.57 Å². The molecule has 3 aromatic rings. The van der Waals surface area contributed by atoms with Gasteiger partial charge >= 0.3 is 0 Å². The molecule has 0 unspecified atom stereocenters. The van der Waals surface area contributed by atoms with E-state index in [-0.39, 0.29) is 11.6 Å². The van der Waals surface area contributed by atoms with Crippen molar-refractivity contribution in [1.29, 1.82) is 0 Å². The predicted octanol–water partition coefficient (Wildman–Crippen LogP) is 3.82. The van der Waals surface area contributed by atoms with Crippen LogP contribution in [-0.2, 0) is 16.1 Å². The highest BCUT2D eigenvalue weighted by molar-refractivity contribution is 6.18. The predicted molar refractivity (Wildman–Crippen MR) is 96.0 cm³/mol. The summed E-state index contributed by atoms with van der Waals surface area (Å²) in [5.74, 6) is -0.369. The number of aromatic nitrogens is 1. The Balaban J connectivity index is 1.83. The van der Waals surface area contributed by atoms with Crippen LogP contribution in [0.3, 0.4) is 0 Å². The van der Waals surface area contributed by atoms with Gasteiger partial charge in [-0.05, 0) is 43.3 Å². The molecular weight excluding hydrogens is 300 g/mol. The van der Waals surface area contributed by atoms with Crippen molar-refractivity contribution in [3.8, 4) is 0 Å². The van der Waals surface area contributed by atoms with E-state index in [9.17, 15) is 9.59 Å². The van der Waals surface area contributed by atoms with Gasteiger partial charge in [0, 0.05) is 40.1 Å². The lowest BCUT2D eigenvalue weighted by atomic mass is 10.1. The number of allylic oxidation sites excluding steroid dienone is 3. The first-order valence-electron chi connectivity index (χ1n) is 7.93.